The lowest BCUT2D eigenvalue weighted by atomic mass is 10.2. The average Bonchev–Trinajstić information content (AvgIpc) is 3.16. The molecule has 2 heterocycles. The standard InChI is InChI=1S/C13H22N4O2S/c1-3-4-9-20(18,19)17-8-7-16-13(10(17)2)14-12(15-16)11-5-6-11/h10-11H,3-9H2,1-2H3/t10-/m1/s1. The number of sulfonamides is 1. The van der Waals surface area contributed by atoms with Gasteiger partial charge in [0.05, 0.1) is 18.3 Å². The van der Waals surface area contributed by atoms with Crippen molar-refractivity contribution in [1.82, 2.24) is 19.1 Å². The number of rotatable bonds is 5. The lowest BCUT2D eigenvalue weighted by molar-refractivity contribution is 0.265. The Labute approximate surface area is 120 Å². The number of unbranched alkanes of at least 4 members (excludes halogenated alkanes) is 1. The number of aromatic nitrogens is 3. The summed E-state index contributed by atoms with van der Waals surface area (Å²) in [5.41, 5.74) is 0. The van der Waals surface area contributed by atoms with Crippen LogP contribution in [0.15, 0.2) is 0 Å². The summed E-state index contributed by atoms with van der Waals surface area (Å²) < 4.78 is 28.3. The lowest BCUT2D eigenvalue weighted by Crippen LogP contribution is -2.42. The Kier molecular flexibility index (Phi) is 3.58. The second-order valence-corrected chi connectivity index (χ2v) is 7.82. The fourth-order valence-electron chi connectivity index (χ4n) is 2.70. The molecule has 1 saturated carbocycles. The molecule has 7 heteroatoms. The molecule has 112 valence electrons. The number of nitrogens with zero attached hydrogens (tertiary/aromatic N) is 4. The molecular weight excluding hydrogens is 276 g/mol. The minimum atomic E-state index is -3.18. The molecule has 0 N–H and O–H groups in total. The van der Waals surface area contributed by atoms with Gasteiger partial charge in [-0.15, -0.1) is 0 Å². The SMILES string of the molecule is CCCCS(=O)(=O)N1CCn2nc(C3CC3)nc2[C@H]1C. The Bertz CT molecular complexity index is 592. The highest BCUT2D eigenvalue weighted by atomic mass is 32.2. The summed E-state index contributed by atoms with van der Waals surface area (Å²) in [5.74, 6) is 2.45. The molecule has 3 rings (SSSR count). The van der Waals surface area contributed by atoms with Crippen molar-refractivity contribution in [2.45, 2.75) is 58.0 Å². The highest BCUT2D eigenvalue weighted by Crippen LogP contribution is 2.39. The summed E-state index contributed by atoms with van der Waals surface area (Å²) in [7, 11) is -3.18. The average molecular weight is 298 g/mol. The predicted octanol–water partition coefficient (Wildman–Crippen LogP) is 1.66. The maximum absolute atomic E-state index is 12.4. The zero-order chi connectivity index (χ0) is 14.3. The van der Waals surface area contributed by atoms with Crippen LogP contribution in [-0.2, 0) is 16.6 Å². The lowest BCUT2D eigenvalue weighted by Gasteiger charge is -2.31. The molecule has 0 unspecified atom stereocenters. The Morgan fingerprint density at radius 2 is 2.05 bits per heavy atom. The fourth-order valence-corrected chi connectivity index (χ4v) is 4.52. The van der Waals surface area contributed by atoms with Crippen molar-refractivity contribution in [3.63, 3.8) is 0 Å². The monoisotopic (exact) mass is 298 g/mol. The van der Waals surface area contributed by atoms with Crippen LogP contribution in [0.2, 0.25) is 0 Å². The minimum Gasteiger partial charge on any atom is -0.247 e. The van der Waals surface area contributed by atoms with Crippen molar-refractivity contribution >= 4 is 10.0 Å². The van der Waals surface area contributed by atoms with Gasteiger partial charge < -0.3 is 0 Å². The zero-order valence-corrected chi connectivity index (χ0v) is 12.9. The molecule has 1 aromatic heterocycles. The smallest absolute Gasteiger partial charge is 0.214 e. The molecule has 1 aliphatic carbocycles. The maximum atomic E-state index is 12.4. The van der Waals surface area contributed by atoms with E-state index >= 15 is 0 Å². The molecule has 0 bridgehead atoms. The van der Waals surface area contributed by atoms with Crippen LogP contribution < -0.4 is 0 Å². The van der Waals surface area contributed by atoms with Crippen LogP contribution in [0.1, 0.15) is 63.1 Å². The van der Waals surface area contributed by atoms with E-state index in [1.165, 1.54) is 0 Å². The van der Waals surface area contributed by atoms with Crippen LogP contribution in [0.5, 0.6) is 0 Å². The second-order valence-electron chi connectivity index (χ2n) is 5.78. The Morgan fingerprint density at radius 1 is 1.30 bits per heavy atom. The molecule has 6 nitrogen and oxygen atoms in total. The van der Waals surface area contributed by atoms with Gasteiger partial charge >= 0.3 is 0 Å². The van der Waals surface area contributed by atoms with E-state index in [0.29, 0.717) is 25.4 Å². The predicted molar refractivity (Wildman–Crippen MR) is 75.8 cm³/mol. The number of hydrogen-bond acceptors (Lipinski definition) is 4. The highest BCUT2D eigenvalue weighted by molar-refractivity contribution is 7.89. The van der Waals surface area contributed by atoms with Gasteiger partial charge in [0.15, 0.2) is 5.82 Å². The molecule has 1 aromatic rings. The van der Waals surface area contributed by atoms with Crippen molar-refractivity contribution in [1.29, 1.82) is 0 Å². The van der Waals surface area contributed by atoms with E-state index < -0.39 is 10.0 Å². The number of hydrogen-bond donors (Lipinski definition) is 0. The molecule has 0 aromatic carbocycles. The van der Waals surface area contributed by atoms with Gasteiger partial charge in [0.1, 0.15) is 5.82 Å². The molecule has 0 radical (unpaired) electrons. The zero-order valence-electron chi connectivity index (χ0n) is 12.1. The first-order valence-electron chi connectivity index (χ1n) is 7.47. The summed E-state index contributed by atoms with van der Waals surface area (Å²) in [6, 6.07) is -0.203. The van der Waals surface area contributed by atoms with Gasteiger partial charge in [0, 0.05) is 12.5 Å². The van der Waals surface area contributed by atoms with E-state index in [0.717, 1.165) is 30.9 Å². The van der Waals surface area contributed by atoms with Gasteiger partial charge in [-0.25, -0.2) is 18.1 Å². The van der Waals surface area contributed by atoms with Gasteiger partial charge in [-0.2, -0.15) is 9.40 Å². The molecule has 1 atom stereocenters. The fraction of sp³-hybridized carbons (Fsp3) is 0.846. The summed E-state index contributed by atoms with van der Waals surface area (Å²) in [5, 5.41) is 4.53. The quantitative estimate of drug-likeness (QED) is 0.829. The summed E-state index contributed by atoms with van der Waals surface area (Å²) in [6.07, 6.45) is 3.93. The molecule has 20 heavy (non-hydrogen) atoms. The van der Waals surface area contributed by atoms with Gasteiger partial charge in [-0.05, 0) is 26.2 Å². The van der Waals surface area contributed by atoms with Gasteiger partial charge in [-0.3, -0.25) is 0 Å². The molecule has 1 fully saturated rings. The van der Waals surface area contributed by atoms with E-state index in [1.54, 1.807) is 4.31 Å². The van der Waals surface area contributed by atoms with Crippen LogP contribution in [0.4, 0.5) is 0 Å². The third-order valence-electron chi connectivity index (χ3n) is 4.11. The highest BCUT2D eigenvalue weighted by Gasteiger charge is 2.37. The maximum Gasteiger partial charge on any atom is 0.214 e. The Balaban J connectivity index is 1.82. The van der Waals surface area contributed by atoms with E-state index in [1.807, 2.05) is 18.5 Å². The van der Waals surface area contributed by atoms with Crippen LogP contribution >= 0.6 is 0 Å². The normalized spacial score (nSPS) is 23.8. The van der Waals surface area contributed by atoms with Crippen molar-refractivity contribution < 1.29 is 8.42 Å². The Morgan fingerprint density at radius 3 is 2.70 bits per heavy atom. The van der Waals surface area contributed by atoms with Crippen molar-refractivity contribution in [2.24, 2.45) is 0 Å². The minimum absolute atomic E-state index is 0.203. The summed E-state index contributed by atoms with van der Waals surface area (Å²) >= 11 is 0. The van der Waals surface area contributed by atoms with Gasteiger partial charge in [-0.1, -0.05) is 13.3 Å². The third-order valence-corrected chi connectivity index (χ3v) is 6.13. The molecule has 1 aliphatic heterocycles. The Hall–Kier alpha value is -0.950. The van der Waals surface area contributed by atoms with Crippen LogP contribution in [0.25, 0.3) is 0 Å². The van der Waals surface area contributed by atoms with Crippen molar-refractivity contribution in [2.75, 3.05) is 12.3 Å². The largest absolute Gasteiger partial charge is 0.247 e. The van der Waals surface area contributed by atoms with Gasteiger partial charge in [0.2, 0.25) is 10.0 Å². The van der Waals surface area contributed by atoms with Crippen LogP contribution in [-0.4, -0.2) is 39.8 Å². The molecule has 2 aliphatic rings. The first-order valence-corrected chi connectivity index (χ1v) is 9.08. The van der Waals surface area contributed by atoms with E-state index in [4.69, 9.17) is 0 Å². The van der Waals surface area contributed by atoms with Crippen LogP contribution in [0.3, 0.4) is 0 Å². The van der Waals surface area contributed by atoms with Gasteiger partial charge in [0.25, 0.3) is 0 Å². The van der Waals surface area contributed by atoms with E-state index in [-0.39, 0.29) is 11.8 Å². The second kappa shape index (κ2) is 5.11. The molecule has 0 amide bonds. The first kappa shape index (κ1) is 14.0. The summed E-state index contributed by atoms with van der Waals surface area (Å²) in [6.45, 7) is 5.05. The molecular formula is C13H22N4O2S. The molecule has 0 spiro atoms. The number of fused-ring (bicyclic) bond motifs is 1. The third kappa shape index (κ3) is 2.48. The van der Waals surface area contributed by atoms with E-state index in [2.05, 4.69) is 10.1 Å². The van der Waals surface area contributed by atoms with Crippen molar-refractivity contribution in [3.05, 3.63) is 11.6 Å². The summed E-state index contributed by atoms with van der Waals surface area (Å²) in [4.78, 5) is 4.58. The van der Waals surface area contributed by atoms with Crippen LogP contribution in [0, 0.1) is 0 Å². The molecule has 0 saturated heterocycles. The van der Waals surface area contributed by atoms with E-state index in [9.17, 15) is 8.42 Å². The van der Waals surface area contributed by atoms with Crippen molar-refractivity contribution in [3.8, 4) is 0 Å². The first-order chi connectivity index (χ1) is 9.53. The topological polar surface area (TPSA) is 68.1 Å².